The summed E-state index contributed by atoms with van der Waals surface area (Å²) in [6.45, 7) is 4.22. The summed E-state index contributed by atoms with van der Waals surface area (Å²) in [5.74, 6) is 0.274. The van der Waals surface area contributed by atoms with Crippen molar-refractivity contribution in [2.75, 3.05) is 50.1 Å². The van der Waals surface area contributed by atoms with Crippen LogP contribution in [0.2, 0.25) is 5.02 Å². The van der Waals surface area contributed by atoms with Gasteiger partial charge >= 0.3 is 0 Å². The molecule has 1 heterocycles. The van der Waals surface area contributed by atoms with E-state index >= 15 is 0 Å². The van der Waals surface area contributed by atoms with E-state index in [1.54, 1.807) is 7.11 Å². The summed E-state index contributed by atoms with van der Waals surface area (Å²) in [5.41, 5.74) is 1.61. The van der Waals surface area contributed by atoms with Gasteiger partial charge in [0.05, 0.1) is 17.8 Å². The van der Waals surface area contributed by atoms with Crippen molar-refractivity contribution in [1.29, 1.82) is 0 Å². The average Bonchev–Trinajstić information content (AvgIpc) is 2.69. The van der Waals surface area contributed by atoms with E-state index in [2.05, 4.69) is 21.2 Å². The number of nitrogens with one attached hydrogen (secondary N) is 1. The van der Waals surface area contributed by atoms with Crippen LogP contribution in [-0.4, -0.2) is 50.6 Å². The standard InChI is InChI=1S/C20H23ClFN3O2/c1-27-19-5-3-2-4-18(19)25-12-10-24(11-13-25)9-8-20(26)23-15-6-7-17(22)16(21)14-15/h2-7,14H,8-13H2,1H3,(H,23,26). The molecule has 0 aromatic heterocycles. The van der Waals surface area contributed by atoms with E-state index in [-0.39, 0.29) is 10.9 Å². The number of ether oxygens (including phenoxy) is 1. The quantitative estimate of drug-likeness (QED) is 0.816. The number of methoxy groups -OCH3 is 1. The van der Waals surface area contributed by atoms with Crippen LogP contribution in [0.1, 0.15) is 6.42 Å². The predicted octanol–water partition coefficient (Wildman–Crippen LogP) is 3.64. The van der Waals surface area contributed by atoms with Gasteiger partial charge < -0.3 is 15.0 Å². The zero-order valence-corrected chi connectivity index (χ0v) is 16.0. The van der Waals surface area contributed by atoms with Crippen molar-refractivity contribution in [2.45, 2.75) is 6.42 Å². The van der Waals surface area contributed by atoms with Gasteiger partial charge in [0.2, 0.25) is 5.91 Å². The molecule has 0 saturated carbocycles. The molecule has 2 aromatic rings. The number of piperazine rings is 1. The molecule has 0 atom stereocenters. The van der Waals surface area contributed by atoms with Crippen LogP contribution >= 0.6 is 11.6 Å². The van der Waals surface area contributed by atoms with Crippen molar-refractivity contribution in [1.82, 2.24) is 4.90 Å². The lowest BCUT2D eigenvalue weighted by Crippen LogP contribution is -2.47. The van der Waals surface area contributed by atoms with Crippen molar-refractivity contribution in [3.8, 4) is 5.75 Å². The number of anilines is 2. The Morgan fingerprint density at radius 2 is 1.93 bits per heavy atom. The number of para-hydroxylation sites is 2. The molecule has 7 heteroatoms. The Kier molecular flexibility index (Phi) is 6.53. The second-order valence-corrected chi connectivity index (χ2v) is 6.83. The van der Waals surface area contributed by atoms with E-state index in [1.807, 2.05) is 18.2 Å². The summed E-state index contributed by atoms with van der Waals surface area (Å²) >= 11 is 5.73. The first-order valence-corrected chi connectivity index (χ1v) is 9.30. The Morgan fingerprint density at radius 1 is 1.19 bits per heavy atom. The molecule has 2 aromatic carbocycles. The maximum atomic E-state index is 13.2. The molecule has 0 bridgehead atoms. The van der Waals surface area contributed by atoms with Crippen LogP contribution in [0.15, 0.2) is 42.5 Å². The second kappa shape index (κ2) is 9.06. The summed E-state index contributed by atoms with van der Waals surface area (Å²) in [5, 5.41) is 2.76. The van der Waals surface area contributed by atoms with Crippen LogP contribution in [0.25, 0.3) is 0 Å². The summed E-state index contributed by atoms with van der Waals surface area (Å²) in [4.78, 5) is 16.7. The van der Waals surface area contributed by atoms with Crippen LogP contribution in [0.5, 0.6) is 5.75 Å². The number of nitrogens with zero attached hydrogens (tertiary/aromatic N) is 2. The van der Waals surface area contributed by atoms with Crippen molar-refractivity contribution in [3.05, 3.63) is 53.3 Å². The van der Waals surface area contributed by atoms with Crippen LogP contribution in [0.4, 0.5) is 15.8 Å². The van der Waals surface area contributed by atoms with Crippen molar-refractivity contribution < 1.29 is 13.9 Å². The maximum Gasteiger partial charge on any atom is 0.225 e. The molecule has 0 spiro atoms. The van der Waals surface area contributed by atoms with Gasteiger partial charge in [-0.05, 0) is 30.3 Å². The molecular weight excluding hydrogens is 369 g/mol. The summed E-state index contributed by atoms with van der Waals surface area (Å²) in [7, 11) is 1.68. The Labute approximate surface area is 163 Å². The van der Waals surface area contributed by atoms with E-state index in [0.29, 0.717) is 18.7 Å². The topological polar surface area (TPSA) is 44.8 Å². The van der Waals surface area contributed by atoms with Crippen LogP contribution in [-0.2, 0) is 4.79 Å². The number of carbonyl (C=O) groups is 1. The Balaban J connectivity index is 1.45. The van der Waals surface area contributed by atoms with E-state index in [0.717, 1.165) is 37.6 Å². The zero-order valence-electron chi connectivity index (χ0n) is 15.3. The molecule has 1 saturated heterocycles. The summed E-state index contributed by atoms with van der Waals surface area (Å²) < 4.78 is 18.6. The number of halogens is 2. The first-order valence-electron chi connectivity index (χ1n) is 8.92. The third kappa shape index (κ3) is 5.11. The maximum absolute atomic E-state index is 13.2. The molecule has 1 aliphatic rings. The monoisotopic (exact) mass is 391 g/mol. The number of hydrogen-bond acceptors (Lipinski definition) is 4. The molecular formula is C20H23ClFN3O2. The lowest BCUT2D eigenvalue weighted by molar-refractivity contribution is -0.116. The number of hydrogen-bond donors (Lipinski definition) is 1. The van der Waals surface area contributed by atoms with E-state index in [1.165, 1.54) is 18.2 Å². The second-order valence-electron chi connectivity index (χ2n) is 6.43. The third-order valence-corrected chi connectivity index (χ3v) is 4.95. The molecule has 0 radical (unpaired) electrons. The van der Waals surface area contributed by atoms with Gasteiger partial charge in [-0.3, -0.25) is 9.69 Å². The first kappa shape index (κ1) is 19.5. The summed E-state index contributed by atoms with van der Waals surface area (Å²) in [6.07, 6.45) is 0.379. The molecule has 1 amide bonds. The van der Waals surface area contributed by atoms with Gasteiger partial charge in [-0.15, -0.1) is 0 Å². The highest BCUT2D eigenvalue weighted by Gasteiger charge is 2.20. The summed E-state index contributed by atoms with van der Waals surface area (Å²) in [6, 6.07) is 12.2. The Bertz CT molecular complexity index is 795. The SMILES string of the molecule is COc1ccccc1N1CCN(CCC(=O)Nc2ccc(F)c(Cl)c2)CC1. The number of carbonyl (C=O) groups excluding carboxylic acids is 1. The van der Waals surface area contributed by atoms with Gasteiger partial charge in [0.15, 0.2) is 0 Å². The highest BCUT2D eigenvalue weighted by Crippen LogP contribution is 2.28. The number of benzene rings is 2. The zero-order chi connectivity index (χ0) is 19.2. The molecule has 144 valence electrons. The van der Waals surface area contributed by atoms with E-state index in [9.17, 15) is 9.18 Å². The van der Waals surface area contributed by atoms with E-state index < -0.39 is 5.82 Å². The minimum absolute atomic E-state index is 0.000243. The number of rotatable bonds is 6. The van der Waals surface area contributed by atoms with Crippen molar-refractivity contribution in [3.63, 3.8) is 0 Å². The molecule has 1 N–H and O–H groups in total. The predicted molar refractivity (Wildman–Crippen MR) is 106 cm³/mol. The Hall–Kier alpha value is -2.31. The molecule has 1 aliphatic heterocycles. The fourth-order valence-corrected chi connectivity index (χ4v) is 3.34. The minimum atomic E-state index is -0.498. The fourth-order valence-electron chi connectivity index (χ4n) is 3.16. The lowest BCUT2D eigenvalue weighted by atomic mass is 10.2. The van der Waals surface area contributed by atoms with Crippen molar-refractivity contribution in [2.24, 2.45) is 0 Å². The molecule has 0 aliphatic carbocycles. The average molecular weight is 392 g/mol. The van der Waals surface area contributed by atoms with Crippen molar-refractivity contribution >= 4 is 28.9 Å². The van der Waals surface area contributed by atoms with Crippen LogP contribution < -0.4 is 15.0 Å². The normalized spacial score (nSPS) is 14.9. The van der Waals surface area contributed by atoms with E-state index in [4.69, 9.17) is 16.3 Å². The Morgan fingerprint density at radius 3 is 2.63 bits per heavy atom. The molecule has 3 rings (SSSR count). The smallest absolute Gasteiger partial charge is 0.225 e. The van der Waals surface area contributed by atoms with Gasteiger partial charge in [0.25, 0.3) is 0 Å². The molecule has 27 heavy (non-hydrogen) atoms. The molecule has 5 nitrogen and oxygen atoms in total. The van der Waals surface area contributed by atoms with Crippen LogP contribution in [0, 0.1) is 5.82 Å². The minimum Gasteiger partial charge on any atom is -0.495 e. The fraction of sp³-hybridized carbons (Fsp3) is 0.350. The van der Waals surface area contributed by atoms with Gasteiger partial charge in [0.1, 0.15) is 11.6 Å². The van der Waals surface area contributed by atoms with Gasteiger partial charge in [-0.25, -0.2) is 4.39 Å². The highest BCUT2D eigenvalue weighted by molar-refractivity contribution is 6.31. The van der Waals surface area contributed by atoms with Gasteiger partial charge in [0, 0.05) is 44.8 Å². The molecule has 0 unspecified atom stereocenters. The lowest BCUT2D eigenvalue weighted by Gasteiger charge is -2.36. The molecule has 1 fully saturated rings. The largest absolute Gasteiger partial charge is 0.495 e. The van der Waals surface area contributed by atoms with Gasteiger partial charge in [-0.2, -0.15) is 0 Å². The third-order valence-electron chi connectivity index (χ3n) is 4.66. The van der Waals surface area contributed by atoms with Gasteiger partial charge in [-0.1, -0.05) is 23.7 Å². The van der Waals surface area contributed by atoms with Crippen LogP contribution in [0.3, 0.4) is 0 Å². The number of amides is 1. The highest BCUT2D eigenvalue weighted by atomic mass is 35.5. The first-order chi connectivity index (χ1) is 13.1.